The van der Waals surface area contributed by atoms with E-state index in [2.05, 4.69) is 25.3 Å². The highest BCUT2D eigenvalue weighted by atomic mass is 16.5. The van der Waals surface area contributed by atoms with Crippen molar-refractivity contribution in [2.24, 2.45) is 0 Å². The van der Waals surface area contributed by atoms with Crippen LogP contribution in [0.5, 0.6) is 0 Å². The molecule has 3 aromatic heterocycles. The van der Waals surface area contributed by atoms with Gasteiger partial charge in [-0.25, -0.2) is 0 Å². The van der Waals surface area contributed by atoms with Gasteiger partial charge in [0.1, 0.15) is 0 Å². The highest BCUT2D eigenvalue weighted by Crippen LogP contribution is 2.20. The van der Waals surface area contributed by atoms with Crippen LogP contribution >= 0.6 is 0 Å². The second-order valence-corrected chi connectivity index (χ2v) is 3.60. The molecule has 1 N–H and O–H groups in total. The van der Waals surface area contributed by atoms with Crippen LogP contribution < -0.4 is 0 Å². The molecule has 0 aliphatic rings. The molecule has 84 valence electrons. The van der Waals surface area contributed by atoms with Crippen LogP contribution in [0, 0.1) is 6.92 Å². The van der Waals surface area contributed by atoms with Crippen LogP contribution in [0.4, 0.5) is 0 Å². The minimum absolute atomic E-state index is 0.404. The molecule has 0 aromatic carbocycles. The lowest BCUT2D eigenvalue weighted by atomic mass is 10.2. The number of aromatic nitrogens is 5. The summed E-state index contributed by atoms with van der Waals surface area (Å²) in [5.74, 6) is 0.934. The van der Waals surface area contributed by atoms with Crippen LogP contribution in [0.2, 0.25) is 0 Å². The summed E-state index contributed by atoms with van der Waals surface area (Å²) in [7, 11) is 0. The molecular formula is C11H9N5O. The van der Waals surface area contributed by atoms with Gasteiger partial charge in [-0.15, -0.1) is 0 Å². The van der Waals surface area contributed by atoms with E-state index >= 15 is 0 Å². The standard InChI is InChI=1S/C11H9N5O/c1-7-6-9(15-14-7)11-13-10(16-17-11)8-2-4-12-5-3-8/h2-6H,1H3,(H,14,15). The van der Waals surface area contributed by atoms with Crippen molar-refractivity contribution < 1.29 is 4.52 Å². The minimum Gasteiger partial charge on any atom is -0.332 e. The first-order valence-corrected chi connectivity index (χ1v) is 5.09. The third-order valence-corrected chi connectivity index (χ3v) is 2.29. The summed E-state index contributed by atoms with van der Waals surface area (Å²) in [6.45, 7) is 1.91. The molecule has 0 unspecified atom stereocenters. The summed E-state index contributed by atoms with van der Waals surface area (Å²) < 4.78 is 5.15. The number of aromatic amines is 1. The molecule has 0 saturated heterocycles. The SMILES string of the molecule is Cc1cc(-c2nc(-c3ccncc3)no2)n[nH]1. The first kappa shape index (κ1) is 9.71. The molecule has 0 fully saturated rings. The van der Waals surface area contributed by atoms with Crippen LogP contribution in [0.15, 0.2) is 35.1 Å². The number of aryl methyl sites for hydroxylation is 1. The normalized spacial score (nSPS) is 10.6. The topological polar surface area (TPSA) is 80.5 Å². The number of hydrogen-bond donors (Lipinski definition) is 1. The lowest BCUT2D eigenvalue weighted by Crippen LogP contribution is -1.81. The Labute approximate surface area is 96.7 Å². The van der Waals surface area contributed by atoms with E-state index < -0.39 is 0 Å². The van der Waals surface area contributed by atoms with Gasteiger partial charge in [0.2, 0.25) is 5.82 Å². The molecule has 3 heterocycles. The van der Waals surface area contributed by atoms with E-state index in [4.69, 9.17) is 4.52 Å². The summed E-state index contributed by atoms with van der Waals surface area (Å²) >= 11 is 0. The Morgan fingerprint density at radius 3 is 2.76 bits per heavy atom. The number of pyridine rings is 1. The van der Waals surface area contributed by atoms with Gasteiger partial charge in [0, 0.05) is 23.7 Å². The van der Waals surface area contributed by atoms with Crippen molar-refractivity contribution >= 4 is 0 Å². The summed E-state index contributed by atoms with van der Waals surface area (Å²) in [6, 6.07) is 5.50. The van der Waals surface area contributed by atoms with E-state index in [0.29, 0.717) is 17.4 Å². The molecule has 0 atom stereocenters. The quantitative estimate of drug-likeness (QED) is 0.722. The lowest BCUT2D eigenvalue weighted by molar-refractivity contribution is 0.431. The fraction of sp³-hybridized carbons (Fsp3) is 0.0909. The van der Waals surface area contributed by atoms with Crippen LogP contribution in [0.3, 0.4) is 0 Å². The zero-order valence-electron chi connectivity index (χ0n) is 9.08. The molecule has 0 amide bonds. The van der Waals surface area contributed by atoms with Gasteiger partial charge in [-0.2, -0.15) is 10.1 Å². The molecule has 6 nitrogen and oxygen atoms in total. The van der Waals surface area contributed by atoms with Crippen LogP contribution in [0.1, 0.15) is 5.69 Å². The number of hydrogen-bond acceptors (Lipinski definition) is 5. The molecular weight excluding hydrogens is 218 g/mol. The van der Waals surface area contributed by atoms with Crippen LogP contribution in [-0.4, -0.2) is 25.3 Å². The Morgan fingerprint density at radius 1 is 1.24 bits per heavy atom. The van der Waals surface area contributed by atoms with Crippen molar-refractivity contribution in [2.75, 3.05) is 0 Å². The second-order valence-electron chi connectivity index (χ2n) is 3.60. The Hall–Kier alpha value is -2.50. The van der Waals surface area contributed by atoms with Gasteiger partial charge in [0.05, 0.1) is 0 Å². The van der Waals surface area contributed by atoms with E-state index in [-0.39, 0.29) is 0 Å². The van der Waals surface area contributed by atoms with Crippen molar-refractivity contribution in [3.05, 3.63) is 36.3 Å². The molecule has 0 bridgehead atoms. The van der Waals surface area contributed by atoms with E-state index in [0.717, 1.165) is 11.3 Å². The van der Waals surface area contributed by atoms with Gasteiger partial charge in [-0.1, -0.05) is 5.16 Å². The minimum atomic E-state index is 0.404. The highest BCUT2D eigenvalue weighted by molar-refractivity contribution is 5.56. The Kier molecular flexibility index (Phi) is 2.18. The van der Waals surface area contributed by atoms with Crippen molar-refractivity contribution in [3.63, 3.8) is 0 Å². The maximum absolute atomic E-state index is 5.15. The fourth-order valence-electron chi connectivity index (χ4n) is 1.47. The highest BCUT2D eigenvalue weighted by Gasteiger charge is 2.12. The molecule has 0 spiro atoms. The average Bonchev–Trinajstić information content (AvgIpc) is 2.98. The summed E-state index contributed by atoms with van der Waals surface area (Å²) in [5, 5.41) is 10.8. The molecule has 3 aromatic rings. The van der Waals surface area contributed by atoms with Gasteiger partial charge >= 0.3 is 0 Å². The lowest BCUT2D eigenvalue weighted by Gasteiger charge is -1.89. The number of rotatable bonds is 2. The van der Waals surface area contributed by atoms with Gasteiger partial charge in [-0.3, -0.25) is 10.1 Å². The van der Waals surface area contributed by atoms with Gasteiger partial charge in [0.15, 0.2) is 5.69 Å². The predicted molar refractivity (Wildman–Crippen MR) is 59.8 cm³/mol. The number of H-pyrrole nitrogens is 1. The summed E-state index contributed by atoms with van der Waals surface area (Å²) in [5.41, 5.74) is 2.46. The van der Waals surface area contributed by atoms with E-state index in [1.807, 2.05) is 25.1 Å². The first-order valence-electron chi connectivity index (χ1n) is 5.09. The Morgan fingerprint density at radius 2 is 2.06 bits per heavy atom. The molecule has 0 radical (unpaired) electrons. The predicted octanol–water partition coefficient (Wildman–Crippen LogP) is 1.83. The maximum Gasteiger partial charge on any atom is 0.278 e. The Bertz CT molecular complexity index is 628. The van der Waals surface area contributed by atoms with Crippen molar-refractivity contribution in [3.8, 4) is 23.0 Å². The smallest absolute Gasteiger partial charge is 0.278 e. The van der Waals surface area contributed by atoms with Gasteiger partial charge in [0.25, 0.3) is 5.89 Å². The molecule has 6 heteroatoms. The first-order chi connectivity index (χ1) is 8.33. The van der Waals surface area contributed by atoms with Crippen LogP contribution in [-0.2, 0) is 0 Å². The van der Waals surface area contributed by atoms with E-state index in [1.54, 1.807) is 12.4 Å². The average molecular weight is 227 g/mol. The van der Waals surface area contributed by atoms with E-state index in [1.165, 1.54) is 0 Å². The third-order valence-electron chi connectivity index (χ3n) is 2.29. The summed E-state index contributed by atoms with van der Waals surface area (Å²) in [6.07, 6.45) is 3.37. The summed E-state index contributed by atoms with van der Waals surface area (Å²) in [4.78, 5) is 8.21. The van der Waals surface area contributed by atoms with Crippen molar-refractivity contribution in [1.29, 1.82) is 0 Å². The van der Waals surface area contributed by atoms with Crippen molar-refractivity contribution in [2.45, 2.75) is 6.92 Å². The van der Waals surface area contributed by atoms with Gasteiger partial charge in [-0.05, 0) is 25.1 Å². The second kappa shape index (κ2) is 3.82. The maximum atomic E-state index is 5.15. The molecule has 0 saturated carbocycles. The zero-order chi connectivity index (χ0) is 11.7. The molecule has 3 rings (SSSR count). The van der Waals surface area contributed by atoms with Crippen LogP contribution in [0.25, 0.3) is 23.0 Å². The molecule has 17 heavy (non-hydrogen) atoms. The molecule has 0 aliphatic heterocycles. The number of nitrogens with zero attached hydrogens (tertiary/aromatic N) is 4. The largest absolute Gasteiger partial charge is 0.332 e. The molecule has 0 aliphatic carbocycles. The fourth-order valence-corrected chi connectivity index (χ4v) is 1.47. The van der Waals surface area contributed by atoms with Crippen molar-refractivity contribution in [1.82, 2.24) is 25.3 Å². The zero-order valence-corrected chi connectivity index (χ0v) is 9.08. The number of nitrogens with one attached hydrogen (secondary N) is 1. The Balaban J connectivity index is 1.99. The van der Waals surface area contributed by atoms with E-state index in [9.17, 15) is 0 Å². The monoisotopic (exact) mass is 227 g/mol. The third kappa shape index (κ3) is 1.80. The van der Waals surface area contributed by atoms with Gasteiger partial charge < -0.3 is 4.52 Å².